The van der Waals surface area contributed by atoms with Crippen LogP contribution in [0, 0.1) is 0 Å². The van der Waals surface area contributed by atoms with Gasteiger partial charge in [0, 0.05) is 0 Å². The minimum Gasteiger partial charge on any atom is -0.507 e. The molecule has 5 heteroatoms. The maximum atomic E-state index is 12.5. The first kappa shape index (κ1) is 11.4. The Morgan fingerprint density at radius 1 is 1.47 bits per heavy atom. The zero-order chi connectivity index (χ0) is 11.6. The van der Waals surface area contributed by atoms with E-state index in [0.29, 0.717) is 0 Å². The highest BCUT2D eigenvalue weighted by molar-refractivity contribution is 5.97. The van der Waals surface area contributed by atoms with E-state index in [1.54, 1.807) is 0 Å². The lowest BCUT2D eigenvalue weighted by Crippen LogP contribution is -1.98. The van der Waals surface area contributed by atoms with Gasteiger partial charge in [0.05, 0.1) is 18.2 Å². The molecule has 0 aromatic heterocycles. The number of carbonyl (C=O) groups excluding carboxylic acids is 1. The molecule has 0 saturated carbocycles. The monoisotopic (exact) mass is 216 g/mol. The van der Waals surface area contributed by atoms with E-state index >= 15 is 0 Å². The van der Waals surface area contributed by atoms with Gasteiger partial charge in [0.2, 0.25) is 0 Å². The van der Waals surface area contributed by atoms with E-state index < -0.39 is 23.5 Å². The summed E-state index contributed by atoms with van der Waals surface area (Å²) in [5.74, 6) is -1.06. The third kappa shape index (κ3) is 2.23. The number of halogens is 2. The van der Waals surface area contributed by atoms with Gasteiger partial charge in [-0.15, -0.1) is 0 Å². The summed E-state index contributed by atoms with van der Waals surface area (Å²) in [5.41, 5.74) is -0.760. The number of ether oxygens (including phenoxy) is 1. The van der Waals surface area contributed by atoms with Crippen molar-refractivity contribution in [3.05, 3.63) is 23.3 Å². The van der Waals surface area contributed by atoms with Crippen molar-refractivity contribution < 1.29 is 23.4 Å². The summed E-state index contributed by atoms with van der Waals surface area (Å²) >= 11 is 0. The Morgan fingerprint density at radius 2 is 2.07 bits per heavy atom. The summed E-state index contributed by atoms with van der Waals surface area (Å²) in [4.78, 5) is 11.0. The first-order valence-electron chi connectivity index (χ1n) is 4.17. The van der Waals surface area contributed by atoms with Gasteiger partial charge >= 0.3 is 0 Å². The SMILES string of the molecule is COc1cc(C(C)=O)c(O)c(C(F)F)c1. The molecule has 0 aliphatic heterocycles. The number of rotatable bonds is 3. The molecule has 0 spiro atoms. The highest BCUT2D eigenvalue weighted by Crippen LogP contribution is 2.35. The van der Waals surface area contributed by atoms with Crippen LogP contribution in [-0.4, -0.2) is 18.0 Å². The van der Waals surface area contributed by atoms with E-state index in [1.807, 2.05) is 0 Å². The van der Waals surface area contributed by atoms with Crippen LogP contribution in [0.2, 0.25) is 0 Å². The molecule has 0 heterocycles. The summed E-state index contributed by atoms with van der Waals surface area (Å²) in [5, 5.41) is 9.39. The van der Waals surface area contributed by atoms with Crippen molar-refractivity contribution in [3.8, 4) is 11.5 Å². The number of alkyl halides is 2. The van der Waals surface area contributed by atoms with Gasteiger partial charge in [0.15, 0.2) is 5.78 Å². The largest absolute Gasteiger partial charge is 0.507 e. The van der Waals surface area contributed by atoms with Crippen molar-refractivity contribution in [2.75, 3.05) is 7.11 Å². The molecular formula is C10H10F2O3. The molecule has 15 heavy (non-hydrogen) atoms. The van der Waals surface area contributed by atoms with Crippen molar-refractivity contribution in [1.82, 2.24) is 0 Å². The molecule has 0 aliphatic rings. The first-order valence-corrected chi connectivity index (χ1v) is 4.17. The molecule has 1 rings (SSSR count). The van der Waals surface area contributed by atoms with Crippen LogP contribution in [0.15, 0.2) is 12.1 Å². The Balaban J connectivity index is 3.40. The average molecular weight is 216 g/mol. The summed E-state index contributed by atoms with van der Waals surface area (Å²) in [7, 11) is 1.30. The van der Waals surface area contributed by atoms with Crippen molar-refractivity contribution >= 4 is 5.78 Å². The summed E-state index contributed by atoms with van der Waals surface area (Å²) in [6.07, 6.45) is -2.85. The lowest BCUT2D eigenvalue weighted by Gasteiger charge is -2.09. The highest BCUT2D eigenvalue weighted by Gasteiger charge is 2.19. The molecule has 1 N–H and O–H groups in total. The number of ketones is 1. The molecule has 0 amide bonds. The number of hydrogen-bond donors (Lipinski definition) is 1. The Kier molecular flexibility index (Phi) is 3.24. The third-order valence-corrected chi connectivity index (χ3v) is 1.96. The zero-order valence-corrected chi connectivity index (χ0v) is 8.25. The zero-order valence-electron chi connectivity index (χ0n) is 8.25. The van der Waals surface area contributed by atoms with Gasteiger partial charge in [0.1, 0.15) is 11.5 Å². The second-order valence-electron chi connectivity index (χ2n) is 2.97. The molecule has 1 aromatic rings. The number of hydrogen-bond acceptors (Lipinski definition) is 3. The van der Waals surface area contributed by atoms with Gasteiger partial charge in [-0.25, -0.2) is 8.78 Å². The van der Waals surface area contributed by atoms with E-state index in [0.717, 1.165) is 6.07 Å². The maximum Gasteiger partial charge on any atom is 0.267 e. The van der Waals surface area contributed by atoms with E-state index in [-0.39, 0.29) is 11.3 Å². The molecule has 0 saturated heterocycles. The van der Waals surface area contributed by atoms with Crippen LogP contribution in [0.1, 0.15) is 29.3 Å². The number of Topliss-reactive ketones (excluding diaryl/α,β-unsaturated/α-hetero) is 1. The van der Waals surface area contributed by atoms with Crippen LogP contribution < -0.4 is 4.74 Å². The number of methoxy groups -OCH3 is 1. The van der Waals surface area contributed by atoms with Gasteiger partial charge in [-0.05, 0) is 19.1 Å². The normalized spacial score (nSPS) is 10.5. The third-order valence-electron chi connectivity index (χ3n) is 1.96. The van der Waals surface area contributed by atoms with Crippen LogP contribution >= 0.6 is 0 Å². The van der Waals surface area contributed by atoms with E-state index in [2.05, 4.69) is 0 Å². The Morgan fingerprint density at radius 3 is 2.47 bits per heavy atom. The number of aromatic hydroxyl groups is 1. The standard InChI is InChI=1S/C10H10F2O3/c1-5(13)7-3-6(15-2)4-8(9(7)14)10(11)12/h3-4,10,14H,1-2H3. The second-order valence-corrected chi connectivity index (χ2v) is 2.97. The minimum absolute atomic E-state index is 0.119. The van der Waals surface area contributed by atoms with Gasteiger partial charge in [-0.2, -0.15) is 0 Å². The summed E-state index contributed by atoms with van der Waals surface area (Å²) < 4.78 is 29.7. The first-order chi connectivity index (χ1) is 6.97. The van der Waals surface area contributed by atoms with Crippen LogP contribution in [0.3, 0.4) is 0 Å². The molecule has 3 nitrogen and oxygen atoms in total. The lowest BCUT2D eigenvalue weighted by molar-refractivity contribution is 0.101. The molecular weight excluding hydrogens is 206 g/mol. The number of phenols is 1. The lowest BCUT2D eigenvalue weighted by atomic mass is 10.1. The number of phenolic OH excluding ortho intramolecular Hbond substituents is 1. The molecule has 1 aromatic carbocycles. The smallest absolute Gasteiger partial charge is 0.267 e. The fourth-order valence-electron chi connectivity index (χ4n) is 1.18. The van der Waals surface area contributed by atoms with Crippen molar-refractivity contribution in [1.29, 1.82) is 0 Å². The van der Waals surface area contributed by atoms with Gasteiger partial charge < -0.3 is 9.84 Å². The summed E-state index contributed by atoms with van der Waals surface area (Å²) in [6.45, 7) is 1.18. The van der Waals surface area contributed by atoms with Crippen molar-refractivity contribution in [2.24, 2.45) is 0 Å². The highest BCUT2D eigenvalue weighted by atomic mass is 19.3. The number of carbonyl (C=O) groups is 1. The molecule has 82 valence electrons. The van der Waals surface area contributed by atoms with Gasteiger partial charge in [-0.1, -0.05) is 0 Å². The molecule has 0 unspecified atom stereocenters. The van der Waals surface area contributed by atoms with Crippen LogP contribution in [0.5, 0.6) is 11.5 Å². The van der Waals surface area contributed by atoms with Crippen LogP contribution in [0.25, 0.3) is 0 Å². The van der Waals surface area contributed by atoms with Crippen LogP contribution in [-0.2, 0) is 0 Å². The molecule has 0 bridgehead atoms. The fourth-order valence-corrected chi connectivity index (χ4v) is 1.18. The van der Waals surface area contributed by atoms with E-state index in [1.165, 1.54) is 20.1 Å². The average Bonchev–Trinajstić information content (AvgIpc) is 2.17. The maximum absolute atomic E-state index is 12.5. The Hall–Kier alpha value is -1.65. The second kappa shape index (κ2) is 4.25. The summed E-state index contributed by atoms with van der Waals surface area (Å²) in [6, 6.07) is 2.23. The van der Waals surface area contributed by atoms with Gasteiger partial charge in [-0.3, -0.25) is 4.79 Å². The predicted octanol–water partition coefficient (Wildman–Crippen LogP) is 2.54. The fraction of sp³-hybridized carbons (Fsp3) is 0.300. The number of benzene rings is 1. The Bertz CT molecular complexity index is 388. The van der Waals surface area contributed by atoms with Gasteiger partial charge in [0.25, 0.3) is 6.43 Å². The van der Waals surface area contributed by atoms with Crippen LogP contribution in [0.4, 0.5) is 8.78 Å². The topological polar surface area (TPSA) is 46.5 Å². The predicted molar refractivity (Wildman–Crippen MR) is 49.6 cm³/mol. The quantitative estimate of drug-likeness (QED) is 0.790. The minimum atomic E-state index is -2.85. The van der Waals surface area contributed by atoms with Crippen molar-refractivity contribution in [2.45, 2.75) is 13.3 Å². The van der Waals surface area contributed by atoms with E-state index in [9.17, 15) is 18.7 Å². The van der Waals surface area contributed by atoms with E-state index in [4.69, 9.17) is 4.74 Å². The molecule has 0 aliphatic carbocycles. The molecule has 0 radical (unpaired) electrons. The molecule has 0 atom stereocenters. The molecule has 0 fully saturated rings. The Labute approximate surface area is 85.3 Å². The van der Waals surface area contributed by atoms with Crippen molar-refractivity contribution in [3.63, 3.8) is 0 Å².